The highest BCUT2D eigenvalue weighted by Crippen LogP contribution is 2.26. The Kier molecular flexibility index (Phi) is 3.66. The molecule has 0 heterocycles. The lowest BCUT2D eigenvalue weighted by Crippen LogP contribution is -2.10. The second kappa shape index (κ2) is 5.03. The van der Waals surface area contributed by atoms with Crippen LogP contribution in [0.5, 0.6) is 0 Å². The minimum Gasteiger partial charge on any atom is -0.299 e. The van der Waals surface area contributed by atoms with Gasteiger partial charge in [-0.15, -0.1) is 0 Å². The van der Waals surface area contributed by atoms with Crippen molar-refractivity contribution in [3.63, 3.8) is 0 Å². The summed E-state index contributed by atoms with van der Waals surface area (Å²) in [5.41, 5.74) is 5.57. The van der Waals surface area contributed by atoms with Crippen molar-refractivity contribution in [1.82, 2.24) is 0 Å². The maximum Gasteiger partial charge on any atom is 0.136 e. The first kappa shape index (κ1) is 12.3. The van der Waals surface area contributed by atoms with E-state index in [-0.39, 0.29) is 0 Å². The molecule has 1 nitrogen and oxygen atoms in total. The number of rotatable bonds is 3. The minimum atomic E-state index is 0.293. The topological polar surface area (TPSA) is 17.1 Å². The molecule has 0 radical (unpaired) electrons. The number of ketones is 1. The molecule has 17 heavy (non-hydrogen) atoms. The van der Waals surface area contributed by atoms with Crippen LogP contribution in [0, 0.1) is 19.8 Å². The van der Waals surface area contributed by atoms with E-state index in [4.69, 9.17) is 0 Å². The molecular weight excluding hydrogens is 208 g/mol. The molecule has 1 heteroatoms. The van der Waals surface area contributed by atoms with E-state index in [9.17, 15) is 4.79 Å². The minimum absolute atomic E-state index is 0.293. The van der Waals surface area contributed by atoms with Gasteiger partial charge in [0.25, 0.3) is 0 Å². The summed E-state index contributed by atoms with van der Waals surface area (Å²) in [6.07, 6.45) is 5.03. The summed E-state index contributed by atoms with van der Waals surface area (Å²) in [5.74, 6) is 0.765. The molecule has 1 unspecified atom stereocenters. The van der Waals surface area contributed by atoms with Crippen molar-refractivity contribution >= 4 is 5.78 Å². The van der Waals surface area contributed by atoms with Crippen LogP contribution in [0.1, 0.15) is 48.4 Å². The Hall–Kier alpha value is -1.11. The molecular formula is C16H22O. The predicted octanol–water partition coefficient (Wildman–Crippen LogP) is 3.78. The summed E-state index contributed by atoms with van der Waals surface area (Å²) in [6.45, 7) is 6.58. The maximum absolute atomic E-state index is 11.7. The Morgan fingerprint density at radius 2 is 1.88 bits per heavy atom. The molecule has 2 rings (SSSR count). The van der Waals surface area contributed by atoms with Gasteiger partial charge in [-0.3, -0.25) is 4.79 Å². The number of benzene rings is 1. The SMILES string of the molecule is CCc1c(C)cc(CC2CCCC2=O)cc1C. The summed E-state index contributed by atoms with van der Waals surface area (Å²) < 4.78 is 0. The smallest absolute Gasteiger partial charge is 0.136 e. The third-order valence-electron chi connectivity index (χ3n) is 4.02. The molecule has 1 atom stereocenters. The zero-order valence-corrected chi connectivity index (χ0v) is 11.2. The largest absolute Gasteiger partial charge is 0.299 e. The van der Waals surface area contributed by atoms with Gasteiger partial charge in [0.05, 0.1) is 0 Å². The molecule has 0 bridgehead atoms. The van der Waals surface area contributed by atoms with Crippen molar-refractivity contribution in [2.75, 3.05) is 0 Å². The lowest BCUT2D eigenvalue weighted by molar-refractivity contribution is -0.120. The molecule has 1 fully saturated rings. The number of aryl methyl sites for hydroxylation is 2. The van der Waals surface area contributed by atoms with Crippen LogP contribution in [0.25, 0.3) is 0 Å². The van der Waals surface area contributed by atoms with Gasteiger partial charge in [0.2, 0.25) is 0 Å². The van der Waals surface area contributed by atoms with Crippen LogP contribution in [0.4, 0.5) is 0 Å². The van der Waals surface area contributed by atoms with Crippen LogP contribution in [0.3, 0.4) is 0 Å². The quantitative estimate of drug-likeness (QED) is 0.772. The second-order valence-electron chi connectivity index (χ2n) is 5.32. The van der Waals surface area contributed by atoms with E-state index in [1.165, 1.54) is 22.3 Å². The standard InChI is InChI=1S/C16H22O/c1-4-15-11(2)8-13(9-12(15)3)10-14-6-5-7-16(14)17/h8-9,14H,4-7,10H2,1-3H3. The summed E-state index contributed by atoms with van der Waals surface area (Å²) in [4.78, 5) is 11.7. The number of hydrogen-bond donors (Lipinski definition) is 0. The predicted molar refractivity (Wildman–Crippen MR) is 71.3 cm³/mol. The van der Waals surface area contributed by atoms with E-state index in [1.54, 1.807) is 0 Å². The number of Topliss-reactive ketones (excluding diaryl/α,β-unsaturated/α-hetero) is 1. The Balaban J connectivity index is 2.19. The van der Waals surface area contributed by atoms with Crippen LogP contribution in [0.15, 0.2) is 12.1 Å². The van der Waals surface area contributed by atoms with Crippen molar-refractivity contribution in [1.29, 1.82) is 0 Å². The van der Waals surface area contributed by atoms with E-state index in [1.807, 2.05) is 0 Å². The van der Waals surface area contributed by atoms with E-state index >= 15 is 0 Å². The fourth-order valence-electron chi connectivity index (χ4n) is 3.15. The summed E-state index contributed by atoms with van der Waals surface area (Å²) >= 11 is 0. The molecule has 1 saturated carbocycles. The Morgan fingerprint density at radius 1 is 1.24 bits per heavy atom. The molecule has 1 aromatic rings. The third-order valence-corrected chi connectivity index (χ3v) is 4.02. The first-order chi connectivity index (χ1) is 8.11. The van der Waals surface area contributed by atoms with Gasteiger partial charge < -0.3 is 0 Å². The maximum atomic E-state index is 11.7. The highest BCUT2D eigenvalue weighted by Gasteiger charge is 2.24. The van der Waals surface area contributed by atoms with Gasteiger partial charge in [0, 0.05) is 12.3 Å². The lowest BCUT2D eigenvalue weighted by atomic mass is 9.91. The zero-order chi connectivity index (χ0) is 12.4. The van der Waals surface area contributed by atoms with Gasteiger partial charge in [-0.25, -0.2) is 0 Å². The highest BCUT2D eigenvalue weighted by atomic mass is 16.1. The van der Waals surface area contributed by atoms with E-state index in [0.29, 0.717) is 11.7 Å². The Bertz CT molecular complexity index is 408. The zero-order valence-electron chi connectivity index (χ0n) is 11.2. The van der Waals surface area contributed by atoms with Crippen molar-refractivity contribution in [2.45, 2.75) is 52.9 Å². The van der Waals surface area contributed by atoms with Crippen LogP contribution in [-0.4, -0.2) is 5.78 Å². The van der Waals surface area contributed by atoms with Gasteiger partial charge in [-0.2, -0.15) is 0 Å². The first-order valence-electron chi connectivity index (χ1n) is 6.73. The monoisotopic (exact) mass is 230 g/mol. The summed E-state index contributed by atoms with van der Waals surface area (Å²) in [5, 5.41) is 0. The molecule has 0 saturated heterocycles. The van der Waals surface area contributed by atoms with Gasteiger partial charge >= 0.3 is 0 Å². The summed E-state index contributed by atoms with van der Waals surface area (Å²) in [6, 6.07) is 4.55. The Labute approximate surface area is 104 Å². The van der Waals surface area contributed by atoms with Gasteiger partial charge in [0.1, 0.15) is 5.78 Å². The fraction of sp³-hybridized carbons (Fsp3) is 0.562. The number of carbonyl (C=O) groups is 1. The normalized spacial score (nSPS) is 19.9. The van der Waals surface area contributed by atoms with E-state index in [2.05, 4.69) is 32.9 Å². The summed E-state index contributed by atoms with van der Waals surface area (Å²) in [7, 11) is 0. The molecule has 1 aliphatic carbocycles. The van der Waals surface area contributed by atoms with Crippen LogP contribution >= 0.6 is 0 Å². The van der Waals surface area contributed by atoms with Crippen molar-refractivity contribution in [3.8, 4) is 0 Å². The highest BCUT2D eigenvalue weighted by molar-refractivity contribution is 5.83. The van der Waals surface area contributed by atoms with E-state index < -0.39 is 0 Å². The molecule has 0 aromatic heterocycles. The van der Waals surface area contributed by atoms with Crippen LogP contribution in [0.2, 0.25) is 0 Å². The average molecular weight is 230 g/mol. The van der Waals surface area contributed by atoms with Crippen LogP contribution in [-0.2, 0) is 17.6 Å². The van der Waals surface area contributed by atoms with Crippen molar-refractivity contribution in [2.24, 2.45) is 5.92 Å². The molecule has 1 aliphatic rings. The number of hydrogen-bond acceptors (Lipinski definition) is 1. The molecule has 0 N–H and O–H groups in total. The molecule has 1 aromatic carbocycles. The second-order valence-corrected chi connectivity index (χ2v) is 5.32. The first-order valence-corrected chi connectivity index (χ1v) is 6.73. The average Bonchev–Trinajstić information content (AvgIpc) is 2.64. The van der Waals surface area contributed by atoms with Gasteiger partial charge in [-0.05, 0) is 61.8 Å². The molecule has 0 spiro atoms. The molecule has 0 amide bonds. The Morgan fingerprint density at radius 3 is 2.35 bits per heavy atom. The fourth-order valence-corrected chi connectivity index (χ4v) is 3.15. The van der Waals surface area contributed by atoms with Gasteiger partial charge in [0.15, 0.2) is 0 Å². The third kappa shape index (κ3) is 2.59. The van der Waals surface area contributed by atoms with E-state index in [0.717, 1.165) is 32.1 Å². The van der Waals surface area contributed by atoms with Crippen LogP contribution < -0.4 is 0 Å². The number of carbonyl (C=O) groups excluding carboxylic acids is 1. The van der Waals surface area contributed by atoms with Gasteiger partial charge in [-0.1, -0.05) is 19.1 Å². The van der Waals surface area contributed by atoms with Crippen molar-refractivity contribution in [3.05, 3.63) is 34.4 Å². The molecule has 92 valence electrons. The van der Waals surface area contributed by atoms with Crippen molar-refractivity contribution < 1.29 is 4.79 Å². The molecule has 0 aliphatic heterocycles. The lowest BCUT2D eigenvalue weighted by Gasteiger charge is -2.13.